The summed E-state index contributed by atoms with van der Waals surface area (Å²) in [7, 11) is -3.68. The molecule has 1 fully saturated rings. The summed E-state index contributed by atoms with van der Waals surface area (Å²) in [5.41, 5.74) is 5.09. The van der Waals surface area contributed by atoms with Crippen molar-refractivity contribution in [3.8, 4) is 0 Å². The molecule has 4 N–H and O–H groups in total. The van der Waals surface area contributed by atoms with Crippen molar-refractivity contribution in [1.82, 2.24) is 9.62 Å². The fraction of sp³-hybridized carbons (Fsp3) is 0.438. The summed E-state index contributed by atoms with van der Waals surface area (Å²) in [6.45, 7) is 1.15. The molecule has 1 saturated heterocycles. The largest absolute Gasteiger partial charge is 0.480 e. The van der Waals surface area contributed by atoms with E-state index >= 15 is 0 Å². The molecule has 0 saturated carbocycles. The summed E-state index contributed by atoms with van der Waals surface area (Å²) >= 11 is 0. The highest BCUT2D eigenvalue weighted by atomic mass is 32.2. The second-order valence-electron chi connectivity index (χ2n) is 5.91. The van der Waals surface area contributed by atoms with E-state index in [-0.39, 0.29) is 36.4 Å². The average molecular weight is 399 g/mol. The zero-order valence-corrected chi connectivity index (χ0v) is 15.3. The molecule has 27 heavy (non-hydrogen) atoms. The van der Waals surface area contributed by atoms with E-state index in [2.05, 4.69) is 5.32 Å². The summed E-state index contributed by atoms with van der Waals surface area (Å²) in [6.07, 6.45) is -0.326. The topological polar surface area (TPSA) is 156 Å². The molecular formula is C16H21N3O7S. The summed E-state index contributed by atoms with van der Waals surface area (Å²) in [5.74, 6) is -2.66. The maximum Gasteiger partial charge on any atom is 0.326 e. The predicted molar refractivity (Wildman–Crippen MR) is 93.3 cm³/mol. The Bertz CT molecular complexity index is 802. The number of ether oxygens (including phenoxy) is 1. The van der Waals surface area contributed by atoms with Crippen LogP contribution in [0.1, 0.15) is 23.2 Å². The van der Waals surface area contributed by atoms with E-state index in [4.69, 9.17) is 15.6 Å². The number of amides is 2. The summed E-state index contributed by atoms with van der Waals surface area (Å²) < 4.78 is 31.5. The number of carboxylic acid groups (broad SMARTS) is 1. The van der Waals surface area contributed by atoms with Crippen LogP contribution in [0.2, 0.25) is 0 Å². The Labute approximate surface area is 156 Å². The molecule has 0 bridgehead atoms. The fourth-order valence-electron chi connectivity index (χ4n) is 2.50. The minimum absolute atomic E-state index is 0.0319. The second kappa shape index (κ2) is 8.93. The smallest absolute Gasteiger partial charge is 0.326 e. The van der Waals surface area contributed by atoms with Crippen molar-refractivity contribution in [3.63, 3.8) is 0 Å². The van der Waals surface area contributed by atoms with Crippen LogP contribution in [0, 0.1) is 0 Å². The molecule has 2 amide bonds. The quantitative estimate of drug-likeness (QED) is 0.514. The minimum atomic E-state index is -3.68. The van der Waals surface area contributed by atoms with Gasteiger partial charge in [0, 0.05) is 25.1 Å². The van der Waals surface area contributed by atoms with Crippen molar-refractivity contribution in [2.75, 3.05) is 26.3 Å². The van der Waals surface area contributed by atoms with Crippen LogP contribution in [-0.4, -0.2) is 68.0 Å². The molecule has 11 heteroatoms. The van der Waals surface area contributed by atoms with Crippen molar-refractivity contribution >= 4 is 27.8 Å². The van der Waals surface area contributed by atoms with Gasteiger partial charge >= 0.3 is 5.97 Å². The maximum atomic E-state index is 12.5. The van der Waals surface area contributed by atoms with Gasteiger partial charge in [-0.2, -0.15) is 4.31 Å². The zero-order valence-electron chi connectivity index (χ0n) is 14.5. The van der Waals surface area contributed by atoms with Gasteiger partial charge in [-0.3, -0.25) is 9.59 Å². The molecule has 1 aromatic rings. The molecule has 0 aliphatic carbocycles. The van der Waals surface area contributed by atoms with Gasteiger partial charge < -0.3 is 20.9 Å². The van der Waals surface area contributed by atoms with Crippen molar-refractivity contribution in [3.05, 3.63) is 29.8 Å². The Morgan fingerprint density at radius 3 is 2.30 bits per heavy atom. The molecule has 1 aliphatic heterocycles. The SMILES string of the molecule is NC(=O)CCC(NC(=O)c1ccc(S(=O)(=O)N2CCOCC2)cc1)C(=O)O. The van der Waals surface area contributed by atoms with Crippen molar-refractivity contribution in [2.45, 2.75) is 23.8 Å². The first kappa shape index (κ1) is 20.8. The number of sulfonamides is 1. The number of aliphatic carboxylic acids is 1. The van der Waals surface area contributed by atoms with Crippen LogP contribution in [0.25, 0.3) is 0 Å². The number of hydrogen-bond acceptors (Lipinski definition) is 6. The Hall–Kier alpha value is -2.50. The average Bonchev–Trinajstić information content (AvgIpc) is 2.65. The molecule has 1 atom stereocenters. The monoisotopic (exact) mass is 399 g/mol. The minimum Gasteiger partial charge on any atom is -0.480 e. The molecule has 148 valence electrons. The van der Waals surface area contributed by atoms with Gasteiger partial charge in [-0.25, -0.2) is 13.2 Å². The molecular weight excluding hydrogens is 378 g/mol. The van der Waals surface area contributed by atoms with E-state index in [0.29, 0.717) is 13.2 Å². The number of primary amides is 1. The number of hydrogen-bond donors (Lipinski definition) is 3. The third-order valence-corrected chi connectivity index (χ3v) is 5.92. The molecule has 10 nitrogen and oxygen atoms in total. The fourth-order valence-corrected chi connectivity index (χ4v) is 3.91. The van der Waals surface area contributed by atoms with E-state index in [1.54, 1.807) is 0 Å². The first-order chi connectivity index (χ1) is 12.7. The van der Waals surface area contributed by atoms with Gasteiger partial charge in [0.25, 0.3) is 5.91 Å². The van der Waals surface area contributed by atoms with E-state index in [1.807, 2.05) is 0 Å². The summed E-state index contributed by atoms with van der Waals surface area (Å²) in [5, 5.41) is 11.4. The molecule has 1 heterocycles. The van der Waals surface area contributed by atoms with Gasteiger partial charge in [0.05, 0.1) is 18.1 Å². The van der Waals surface area contributed by atoms with Gasteiger partial charge in [-0.15, -0.1) is 0 Å². The lowest BCUT2D eigenvalue weighted by Crippen LogP contribution is -2.41. The van der Waals surface area contributed by atoms with Gasteiger partial charge in [-0.1, -0.05) is 0 Å². The number of carbonyl (C=O) groups excluding carboxylic acids is 2. The zero-order chi connectivity index (χ0) is 20.0. The summed E-state index contributed by atoms with van der Waals surface area (Å²) in [4.78, 5) is 34.2. The lowest BCUT2D eigenvalue weighted by atomic mass is 10.1. The molecule has 0 spiro atoms. The number of nitrogens with one attached hydrogen (secondary N) is 1. The van der Waals surface area contributed by atoms with Gasteiger partial charge in [0.15, 0.2) is 0 Å². The highest BCUT2D eigenvalue weighted by Gasteiger charge is 2.27. The Morgan fingerprint density at radius 2 is 1.78 bits per heavy atom. The van der Waals surface area contributed by atoms with Crippen LogP contribution < -0.4 is 11.1 Å². The molecule has 0 aromatic heterocycles. The Kier molecular flexibility index (Phi) is 6.88. The summed E-state index contributed by atoms with van der Waals surface area (Å²) in [6, 6.07) is 3.91. The van der Waals surface area contributed by atoms with Crippen LogP contribution in [0.4, 0.5) is 0 Å². The van der Waals surface area contributed by atoms with E-state index in [9.17, 15) is 22.8 Å². The molecule has 1 aromatic carbocycles. The number of nitrogens with zero attached hydrogens (tertiary/aromatic N) is 1. The van der Waals surface area contributed by atoms with Crippen LogP contribution in [0.15, 0.2) is 29.2 Å². The maximum absolute atomic E-state index is 12.5. The van der Waals surface area contributed by atoms with Crippen LogP contribution in [-0.2, 0) is 24.3 Å². The van der Waals surface area contributed by atoms with E-state index in [1.165, 1.54) is 28.6 Å². The number of rotatable bonds is 8. The van der Waals surface area contributed by atoms with E-state index in [0.717, 1.165) is 0 Å². The lowest BCUT2D eigenvalue weighted by molar-refractivity contribution is -0.139. The van der Waals surface area contributed by atoms with Crippen LogP contribution in [0.5, 0.6) is 0 Å². The van der Waals surface area contributed by atoms with Gasteiger partial charge in [0.2, 0.25) is 15.9 Å². The second-order valence-corrected chi connectivity index (χ2v) is 7.85. The molecule has 0 radical (unpaired) electrons. The first-order valence-electron chi connectivity index (χ1n) is 8.22. The highest BCUT2D eigenvalue weighted by molar-refractivity contribution is 7.89. The Balaban J connectivity index is 2.08. The Morgan fingerprint density at radius 1 is 1.19 bits per heavy atom. The standard InChI is InChI=1S/C16H21N3O7S/c17-14(20)6-5-13(16(22)23)18-15(21)11-1-3-12(4-2-11)27(24,25)19-7-9-26-10-8-19/h1-4,13H,5-10H2,(H2,17,20)(H,18,21)(H,22,23). The normalized spacial score (nSPS) is 16.4. The number of carbonyl (C=O) groups is 3. The molecule has 1 aliphatic rings. The highest BCUT2D eigenvalue weighted by Crippen LogP contribution is 2.18. The number of benzene rings is 1. The lowest BCUT2D eigenvalue weighted by Gasteiger charge is -2.26. The van der Waals surface area contributed by atoms with Crippen molar-refractivity contribution in [1.29, 1.82) is 0 Å². The van der Waals surface area contributed by atoms with Gasteiger partial charge in [0.1, 0.15) is 6.04 Å². The number of nitrogens with two attached hydrogens (primary N) is 1. The van der Waals surface area contributed by atoms with E-state index < -0.39 is 33.8 Å². The first-order valence-corrected chi connectivity index (χ1v) is 9.66. The third kappa shape index (κ3) is 5.49. The van der Waals surface area contributed by atoms with Crippen molar-refractivity contribution in [2.24, 2.45) is 5.73 Å². The molecule has 2 rings (SSSR count). The van der Waals surface area contributed by atoms with Crippen LogP contribution in [0.3, 0.4) is 0 Å². The molecule has 1 unspecified atom stereocenters. The number of carboxylic acids is 1. The van der Waals surface area contributed by atoms with Gasteiger partial charge in [-0.05, 0) is 30.7 Å². The number of morpholine rings is 1. The van der Waals surface area contributed by atoms with Crippen molar-refractivity contribution < 1.29 is 32.6 Å². The third-order valence-electron chi connectivity index (χ3n) is 4.01. The van der Waals surface area contributed by atoms with Crippen LogP contribution >= 0.6 is 0 Å². The predicted octanol–water partition coefficient (Wildman–Crippen LogP) is -0.844.